The van der Waals surface area contributed by atoms with Gasteiger partial charge in [0.25, 0.3) is 5.91 Å². The van der Waals surface area contributed by atoms with E-state index >= 15 is 4.79 Å². The molecule has 64 heavy (non-hydrogen) atoms. The molecule has 0 spiro atoms. The summed E-state index contributed by atoms with van der Waals surface area (Å²) in [6, 6.07) is 22.3. The van der Waals surface area contributed by atoms with E-state index < -0.39 is 125 Å². The average Bonchev–Trinajstić information content (AvgIpc) is 3.25. The summed E-state index contributed by atoms with van der Waals surface area (Å²) in [5.41, 5.74) is -11.6. The molecule has 11 atom stereocenters. The van der Waals surface area contributed by atoms with Gasteiger partial charge >= 0.3 is 23.9 Å². The number of ketones is 1. The van der Waals surface area contributed by atoms with Crippen molar-refractivity contribution in [2.45, 2.75) is 115 Å². The van der Waals surface area contributed by atoms with E-state index in [1.165, 1.54) is 71.0 Å². The van der Waals surface area contributed by atoms with Crippen LogP contribution in [0.4, 0.5) is 0 Å². The van der Waals surface area contributed by atoms with Crippen LogP contribution in [0.3, 0.4) is 0 Å². The number of aliphatic hydroxyl groups excluding tert-OH is 3. The Morgan fingerprint density at radius 1 is 0.781 bits per heavy atom. The number of hydrogen-bond donors (Lipinski definition) is 6. The number of fused-ring (bicyclic) bond motifs is 3. The molecule has 16 heteroatoms. The molecule has 342 valence electrons. The van der Waals surface area contributed by atoms with Crippen LogP contribution in [-0.2, 0) is 38.1 Å². The van der Waals surface area contributed by atoms with Crippen LogP contribution in [0.2, 0.25) is 0 Å². The van der Waals surface area contributed by atoms with Crippen LogP contribution < -0.4 is 5.32 Å². The van der Waals surface area contributed by atoms with Crippen molar-refractivity contribution in [3.05, 3.63) is 119 Å². The zero-order valence-electron chi connectivity index (χ0n) is 36.6. The number of hydrogen-bond acceptors (Lipinski definition) is 15. The molecule has 2 saturated carbocycles. The van der Waals surface area contributed by atoms with Gasteiger partial charge in [-0.3, -0.25) is 19.2 Å². The Kier molecular flexibility index (Phi) is 13.2. The van der Waals surface area contributed by atoms with E-state index in [0.717, 1.165) is 13.8 Å². The fraction of sp³-hybridized carbons (Fsp3) is 0.458. The van der Waals surface area contributed by atoms with Crippen molar-refractivity contribution in [3.8, 4) is 0 Å². The first-order chi connectivity index (χ1) is 29.9. The first kappa shape index (κ1) is 47.7. The molecule has 3 unspecified atom stereocenters. The molecule has 3 aromatic carbocycles. The number of rotatable bonds is 11. The van der Waals surface area contributed by atoms with Crippen molar-refractivity contribution in [1.82, 2.24) is 5.32 Å². The van der Waals surface area contributed by atoms with E-state index in [-0.39, 0.29) is 22.3 Å². The Balaban J connectivity index is 1.57. The topological polar surface area (TPSA) is 253 Å². The molecule has 3 aliphatic rings. The molecule has 0 aliphatic heterocycles. The minimum absolute atomic E-state index is 0.0393. The van der Waals surface area contributed by atoms with Crippen LogP contribution in [0.25, 0.3) is 0 Å². The molecule has 0 heterocycles. The highest BCUT2D eigenvalue weighted by molar-refractivity contribution is 5.99. The summed E-state index contributed by atoms with van der Waals surface area (Å²) in [5.74, 6) is -8.03. The average molecular weight is 886 g/mol. The molecule has 3 aliphatic carbocycles. The number of benzene rings is 3. The Bertz CT molecular complexity index is 2320. The summed E-state index contributed by atoms with van der Waals surface area (Å²) in [7, 11) is 0. The lowest BCUT2D eigenvalue weighted by Gasteiger charge is -2.65. The van der Waals surface area contributed by atoms with Crippen molar-refractivity contribution in [1.29, 1.82) is 0 Å². The highest BCUT2D eigenvalue weighted by Crippen LogP contribution is 2.64. The number of Topliss-reactive ketones (excluding diaryl/α,β-unsaturated/α-hetero) is 1. The molecule has 2 fully saturated rings. The molecule has 2 bridgehead atoms. The predicted octanol–water partition coefficient (Wildman–Crippen LogP) is 3.08. The fourth-order valence-corrected chi connectivity index (χ4v) is 10.4. The van der Waals surface area contributed by atoms with E-state index in [1.54, 1.807) is 54.6 Å². The first-order valence-electron chi connectivity index (χ1n) is 20.9. The minimum Gasteiger partial charge on any atom is -0.463 e. The molecule has 1 amide bonds. The second-order valence-corrected chi connectivity index (χ2v) is 17.9. The lowest BCUT2D eigenvalue weighted by Crippen LogP contribution is -2.79. The molecule has 6 rings (SSSR count). The van der Waals surface area contributed by atoms with Crippen molar-refractivity contribution < 1.29 is 73.2 Å². The zero-order chi connectivity index (χ0) is 47.2. The van der Waals surface area contributed by atoms with Gasteiger partial charge in [0, 0.05) is 43.6 Å². The van der Waals surface area contributed by atoms with Gasteiger partial charge in [0.1, 0.15) is 30.0 Å². The largest absolute Gasteiger partial charge is 0.463 e. The quantitative estimate of drug-likeness (QED) is 0.0920. The van der Waals surface area contributed by atoms with Gasteiger partial charge < -0.3 is 49.8 Å². The number of carbonyl (C=O) groups excluding carboxylic acids is 6. The standard InChI is InChI=1S/C48H55NO15/c1-26-32(62-42(57)36(54)35(29-17-11-8-12-18-29)49-40(55)30-19-13-9-14-20-30)24-48(60)39(63-41(56)31-21-15-10-16-22-31)38-45(6,33(52)23-34(53)47(38,59)25-61-27(2)50)43(58)46(7,64-28(3)51)37(26)44(48,4)5/h8-22,32-36,38-39,52-54,59-60H,23-25H2,1-7H3,(H,49,55)/t32?,33-,34-,35?,36+,38?,39-,45+,46+,47-,48+/m0/s1. The van der Waals surface area contributed by atoms with E-state index in [2.05, 4.69) is 5.32 Å². The van der Waals surface area contributed by atoms with Gasteiger partial charge in [-0.25, -0.2) is 9.59 Å². The summed E-state index contributed by atoms with van der Waals surface area (Å²) in [4.78, 5) is 83.3. The lowest BCUT2D eigenvalue weighted by molar-refractivity contribution is -0.289. The van der Waals surface area contributed by atoms with Crippen LogP contribution >= 0.6 is 0 Å². The monoisotopic (exact) mass is 885 g/mol. The Hall–Kier alpha value is -5.78. The highest BCUT2D eigenvalue weighted by atomic mass is 16.6. The highest BCUT2D eigenvalue weighted by Gasteiger charge is 2.77. The van der Waals surface area contributed by atoms with E-state index in [0.29, 0.717) is 5.56 Å². The SMILES string of the molecule is CC(=O)OC[C@@]1(O)C2[C@H](OC(=O)c3ccccc3)[C@]3(O)CC(OC(=O)[C@H](O)C(NC(=O)c4ccccc4)c4ccccc4)C(C)=C(C3(C)C)[C@@](C)(OC(C)=O)C(=O)[C@]2(C)[C@@H](O)C[C@@H]1O. The Morgan fingerprint density at radius 2 is 1.33 bits per heavy atom. The smallest absolute Gasteiger partial charge is 0.338 e. The zero-order valence-corrected chi connectivity index (χ0v) is 36.6. The normalized spacial score (nSPS) is 31.8. The molecule has 0 radical (unpaired) electrons. The van der Waals surface area contributed by atoms with Crippen molar-refractivity contribution in [3.63, 3.8) is 0 Å². The minimum atomic E-state index is -2.77. The van der Waals surface area contributed by atoms with Gasteiger partial charge in [-0.05, 0) is 61.7 Å². The van der Waals surface area contributed by atoms with E-state index in [1.807, 2.05) is 0 Å². The van der Waals surface area contributed by atoms with Crippen LogP contribution in [0.5, 0.6) is 0 Å². The summed E-state index contributed by atoms with van der Waals surface area (Å²) in [6.07, 6.45) is -11.1. The second kappa shape index (κ2) is 17.7. The third kappa shape index (κ3) is 8.13. The molecule has 16 nitrogen and oxygen atoms in total. The van der Waals surface area contributed by atoms with Gasteiger partial charge in [0.2, 0.25) is 0 Å². The van der Waals surface area contributed by atoms with Crippen LogP contribution in [0.1, 0.15) is 93.6 Å². The summed E-state index contributed by atoms with van der Waals surface area (Å²) in [5, 5.41) is 64.7. The third-order valence-corrected chi connectivity index (χ3v) is 13.5. The summed E-state index contributed by atoms with van der Waals surface area (Å²) >= 11 is 0. The maximum atomic E-state index is 15.7. The van der Waals surface area contributed by atoms with Gasteiger partial charge in [-0.15, -0.1) is 0 Å². The Morgan fingerprint density at radius 3 is 1.88 bits per heavy atom. The number of esters is 4. The summed E-state index contributed by atoms with van der Waals surface area (Å²) < 4.78 is 23.6. The molecule has 6 N–H and O–H groups in total. The second-order valence-electron chi connectivity index (χ2n) is 17.9. The number of amides is 1. The Labute approximate surface area is 370 Å². The van der Waals surface area contributed by atoms with Gasteiger partial charge in [-0.2, -0.15) is 0 Å². The van der Waals surface area contributed by atoms with Crippen molar-refractivity contribution in [2.24, 2.45) is 16.7 Å². The predicted molar refractivity (Wildman–Crippen MR) is 226 cm³/mol. The van der Waals surface area contributed by atoms with Gasteiger partial charge in [-0.1, -0.05) is 80.6 Å². The van der Waals surface area contributed by atoms with Gasteiger partial charge in [0.15, 0.2) is 17.5 Å². The summed E-state index contributed by atoms with van der Waals surface area (Å²) in [6.45, 7) is 7.87. The fourth-order valence-electron chi connectivity index (χ4n) is 10.4. The van der Waals surface area contributed by atoms with Crippen LogP contribution in [0, 0.1) is 16.7 Å². The lowest BCUT2D eigenvalue weighted by atomic mass is 9.43. The molecule has 3 aromatic rings. The number of carbonyl (C=O) groups is 6. The number of aliphatic hydroxyl groups is 5. The van der Waals surface area contributed by atoms with E-state index in [4.69, 9.17) is 18.9 Å². The maximum absolute atomic E-state index is 15.7. The maximum Gasteiger partial charge on any atom is 0.338 e. The number of ether oxygens (including phenoxy) is 4. The van der Waals surface area contributed by atoms with Gasteiger partial charge in [0.05, 0.1) is 29.2 Å². The van der Waals surface area contributed by atoms with Crippen LogP contribution in [0.15, 0.2) is 102 Å². The molecule has 0 saturated heterocycles. The van der Waals surface area contributed by atoms with Crippen molar-refractivity contribution >= 4 is 35.6 Å². The van der Waals surface area contributed by atoms with Crippen molar-refractivity contribution in [2.75, 3.05) is 6.61 Å². The third-order valence-electron chi connectivity index (χ3n) is 13.5. The molecular formula is C48H55NO15. The molecule has 0 aromatic heterocycles. The first-order valence-corrected chi connectivity index (χ1v) is 20.9. The number of nitrogens with one attached hydrogen (secondary N) is 1. The van der Waals surface area contributed by atoms with Crippen LogP contribution in [-0.4, -0.2) is 115 Å². The van der Waals surface area contributed by atoms with E-state index in [9.17, 15) is 49.5 Å². The molecular weight excluding hydrogens is 831 g/mol.